The van der Waals surface area contributed by atoms with Crippen LogP contribution < -0.4 is 5.32 Å². The van der Waals surface area contributed by atoms with Gasteiger partial charge < -0.3 is 14.7 Å². The standard InChI is InChI=1S/C23H20N6O2S/c1-14-21(15(2)29(28-14)16-8-4-3-5-9-16)25-20(30)13-32-23-27-26-22(31-23)18-12-24-19-11-7-6-10-17(18)19/h3-12,24H,13H2,1-2H3,(H,25,30). The number of hydrogen-bond acceptors (Lipinski definition) is 6. The Morgan fingerprint density at radius 1 is 1.09 bits per heavy atom. The molecule has 32 heavy (non-hydrogen) atoms. The number of para-hydroxylation sites is 2. The van der Waals surface area contributed by atoms with Crippen molar-refractivity contribution in [3.8, 4) is 17.1 Å². The van der Waals surface area contributed by atoms with Crippen molar-refractivity contribution in [1.29, 1.82) is 0 Å². The zero-order valence-corrected chi connectivity index (χ0v) is 18.3. The Balaban J connectivity index is 1.26. The molecule has 8 nitrogen and oxygen atoms in total. The van der Waals surface area contributed by atoms with Crippen molar-refractivity contribution in [2.24, 2.45) is 0 Å². The molecular formula is C23H20N6O2S. The second-order valence-corrected chi connectivity index (χ2v) is 8.18. The monoisotopic (exact) mass is 444 g/mol. The number of carbonyl (C=O) groups is 1. The zero-order valence-electron chi connectivity index (χ0n) is 17.5. The van der Waals surface area contributed by atoms with Gasteiger partial charge in [-0.25, -0.2) is 4.68 Å². The van der Waals surface area contributed by atoms with E-state index in [0.29, 0.717) is 16.8 Å². The number of amides is 1. The van der Waals surface area contributed by atoms with E-state index in [1.54, 1.807) is 0 Å². The minimum Gasteiger partial charge on any atom is -0.411 e. The number of aromatic nitrogens is 5. The SMILES string of the molecule is Cc1nn(-c2ccccc2)c(C)c1NC(=O)CSc1nnc(-c2c[nH]c3ccccc23)o1. The van der Waals surface area contributed by atoms with E-state index in [4.69, 9.17) is 4.42 Å². The molecule has 0 spiro atoms. The van der Waals surface area contributed by atoms with Crippen LogP contribution in [0, 0.1) is 13.8 Å². The first-order chi connectivity index (χ1) is 15.6. The summed E-state index contributed by atoms with van der Waals surface area (Å²) in [5.74, 6) is 0.395. The summed E-state index contributed by atoms with van der Waals surface area (Å²) in [6.45, 7) is 3.81. The zero-order chi connectivity index (χ0) is 22.1. The van der Waals surface area contributed by atoms with E-state index in [-0.39, 0.29) is 11.7 Å². The Bertz CT molecular complexity index is 1400. The molecule has 0 aliphatic carbocycles. The number of nitrogens with zero attached hydrogens (tertiary/aromatic N) is 4. The van der Waals surface area contributed by atoms with Crippen molar-refractivity contribution >= 4 is 34.3 Å². The molecule has 5 rings (SSSR count). The van der Waals surface area contributed by atoms with Gasteiger partial charge in [0.15, 0.2) is 0 Å². The molecule has 0 atom stereocenters. The van der Waals surface area contributed by atoms with E-state index in [9.17, 15) is 4.79 Å². The smallest absolute Gasteiger partial charge is 0.277 e. The van der Waals surface area contributed by atoms with Crippen LogP contribution in [0.5, 0.6) is 0 Å². The van der Waals surface area contributed by atoms with Crippen molar-refractivity contribution in [2.45, 2.75) is 19.1 Å². The van der Waals surface area contributed by atoms with Crippen molar-refractivity contribution in [3.63, 3.8) is 0 Å². The molecule has 3 aromatic heterocycles. The first-order valence-electron chi connectivity index (χ1n) is 10.0. The van der Waals surface area contributed by atoms with Crippen LogP contribution in [-0.4, -0.2) is 36.6 Å². The van der Waals surface area contributed by atoms with E-state index in [0.717, 1.165) is 33.5 Å². The lowest BCUT2D eigenvalue weighted by Crippen LogP contribution is -2.15. The van der Waals surface area contributed by atoms with Crippen LogP contribution in [0.1, 0.15) is 11.4 Å². The molecule has 1 amide bonds. The van der Waals surface area contributed by atoms with Crippen LogP contribution in [0.2, 0.25) is 0 Å². The molecule has 0 radical (unpaired) electrons. The summed E-state index contributed by atoms with van der Waals surface area (Å²) in [6, 6.07) is 17.7. The number of nitrogens with one attached hydrogen (secondary N) is 2. The van der Waals surface area contributed by atoms with Gasteiger partial charge in [0, 0.05) is 17.1 Å². The number of aryl methyl sites for hydroxylation is 1. The summed E-state index contributed by atoms with van der Waals surface area (Å²) in [5, 5.41) is 17.1. The molecule has 9 heteroatoms. The number of H-pyrrole nitrogens is 1. The third-order valence-electron chi connectivity index (χ3n) is 5.11. The maximum atomic E-state index is 12.6. The summed E-state index contributed by atoms with van der Waals surface area (Å²) in [7, 11) is 0. The number of thioether (sulfide) groups is 1. The number of fused-ring (bicyclic) bond motifs is 1. The van der Waals surface area contributed by atoms with Gasteiger partial charge in [-0.1, -0.05) is 48.2 Å². The van der Waals surface area contributed by atoms with Gasteiger partial charge in [0.2, 0.25) is 5.91 Å². The van der Waals surface area contributed by atoms with Crippen LogP contribution in [0.4, 0.5) is 5.69 Å². The molecule has 0 unspecified atom stereocenters. The third kappa shape index (κ3) is 3.78. The predicted molar refractivity (Wildman–Crippen MR) is 124 cm³/mol. The fourth-order valence-electron chi connectivity index (χ4n) is 3.57. The Hall–Kier alpha value is -3.85. The summed E-state index contributed by atoms with van der Waals surface area (Å²) in [6.07, 6.45) is 1.84. The molecule has 0 aliphatic rings. The minimum atomic E-state index is -0.166. The van der Waals surface area contributed by atoms with Crippen LogP contribution in [-0.2, 0) is 4.79 Å². The lowest BCUT2D eigenvalue weighted by Gasteiger charge is -2.06. The quantitative estimate of drug-likeness (QED) is 0.367. The highest BCUT2D eigenvalue weighted by Crippen LogP contribution is 2.29. The van der Waals surface area contributed by atoms with E-state index < -0.39 is 0 Å². The molecule has 3 heterocycles. The predicted octanol–water partition coefficient (Wildman–Crippen LogP) is 4.75. The van der Waals surface area contributed by atoms with Crippen molar-refractivity contribution in [2.75, 3.05) is 11.1 Å². The number of benzene rings is 2. The second kappa shape index (κ2) is 8.35. The molecule has 0 saturated carbocycles. The summed E-state index contributed by atoms with van der Waals surface area (Å²) < 4.78 is 7.59. The maximum absolute atomic E-state index is 12.6. The Morgan fingerprint density at radius 3 is 2.72 bits per heavy atom. The minimum absolute atomic E-state index is 0.144. The number of anilines is 1. The molecule has 2 N–H and O–H groups in total. The normalized spacial score (nSPS) is 11.2. The highest BCUT2D eigenvalue weighted by molar-refractivity contribution is 7.99. The average Bonchev–Trinajstić information content (AvgIpc) is 3.52. The average molecular weight is 445 g/mol. The molecular weight excluding hydrogens is 424 g/mol. The van der Waals surface area contributed by atoms with Gasteiger partial charge >= 0.3 is 0 Å². The van der Waals surface area contributed by atoms with Crippen molar-refractivity contribution < 1.29 is 9.21 Å². The largest absolute Gasteiger partial charge is 0.411 e. The van der Waals surface area contributed by atoms with Gasteiger partial charge in [0.1, 0.15) is 0 Å². The summed E-state index contributed by atoms with van der Waals surface area (Å²) >= 11 is 1.20. The number of aromatic amines is 1. The molecule has 2 aromatic carbocycles. The van der Waals surface area contributed by atoms with Gasteiger partial charge in [0.05, 0.1) is 34.1 Å². The lowest BCUT2D eigenvalue weighted by molar-refractivity contribution is -0.113. The molecule has 0 aliphatic heterocycles. The van der Waals surface area contributed by atoms with Gasteiger partial charge in [0.25, 0.3) is 11.1 Å². The Morgan fingerprint density at radius 2 is 1.88 bits per heavy atom. The van der Waals surface area contributed by atoms with E-state index >= 15 is 0 Å². The van der Waals surface area contributed by atoms with Crippen LogP contribution >= 0.6 is 11.8 Å². The maximum Gasteiger partial charge on any atom is 0.277 e. The van der Waals surface area contributed by atoms with Crippen LogP contribution in [0.25, 0.3) is 28.0 Å². The van der Waals surface area contributed by atoms with Crippen LogP contribution in [0.3, 0.4) is 0 Å². The third-order valence-corrected chi connectivity index (χ3v) is 5.93. The second-order valence-electron chi connectivity index (χ2n) is 7.25. The fraction of sp³-hybridized carbons (Fsp3) is 0.130. The van der Waals surface area contributed by atoms with Crippen molar-refractivity contribution in [1.82, 2.24) is 25.0 Å². The fourth-order valence-corrected chi connectivity index (χ4v) is 4.14. The summed E-state index contributed by atoms with van der Waals surface area (Å²) in [4.78, 5) is 15.8. The Labute approximate surface area is 188 Å². The highest BCUT2D eigenvalue weighted by Gasteiger charge is 2.17. The topological polar surface area (TPSA) is 102 Å². The number of carbonyl (C=O) groups excluding carboxylic acids is 1. The highest BCUT2D eigenvalue weighted by atomic mass is 32.2. The summed E-state index contributed by atoms with van der Waals surface area (Å²) in [5.41, 5.74) is 5.11. The first-order valence-corrected chi connectivity index (χ1v) is 11.0. The Kier molecular flexibility index (Phi) is 5.24. The van der Waals surface area contributed by atoms with Gasteiger partial charge in [-0.15, -0.1) is 10.2 Å². The number of hydrogen-bond donors (Lipinski definition) is 2. The van der Waals surface area contributed by atoms with Crippen molar-refractivity contribution in [3.05, 3.63) is 72.2 Å². The molecule has 0 saturated heterocycles. The molecule has 0 bridgehead atoms. The van der Waals surface area contributed by atoms with E-state index in [1.165, 1.54) is 11.8 Å². The van der Waals surface area contributed by atoms with E-state index in [2.05, 4.69) is 25.6 Å². The van der Waals surface area contributed by atoms with Gasteiger partial charge in [-0.2, -0.15) is 5.10 Å². The van der Waals surface area contributed by atoms with Gasteiger partial charge in [-0.3, -0.25) is 4.79 Å². The van der Waals surface area contributed by atoms with E-state index in [1.807, 2.05) is 79.3 Å². The van der Waals surface area contributed by atoms with Crippen LogP contribution in [0.15, 0.2) is 70.4 Å². The lowest BCUT2D eigenvalue weighted by atomic mass is 10.2. The number of rotatable bonds is 6. The molecule has 5 aromatic rings. The van der Waals surface area contributed by atoms with Gasteiger partial charge in [-0.05, 0) is 32.0 Å². The molecule has 0 fully saturated rings. The first kappa shape index (κ1) is 20.1. The molecule has 160 valence electrons.